The number of hydrogen-bond donors (Lipinski definition) is 1. The van der Waals surface area contributed by atoms with Gasteiger partial charge in [0.2, 0.25) is 5.91 Å². The number of ether oxygens (including phenoxy) is 2. The van der Waals surface area contributed by atoms with Crippen LogP contribution in [0, 0.1) is 0 Å². The van der Waals surface area contributed by atoms with Gasteiger partial charge < -0.3 is 14.8 Å². The highest BCUT2D eigenvalue weighted by Gasteiger charge is 2.44. The summed E-state index contributed by atoms with van der Waals surface area (Å²) < 4.78 is 11.9. The molecule has 1 aromatic rings. The van der Waals surface area contributed by atoms with Gasteiger partial charge in [-0.3, -0.25) is 4.79 Å². The van der Waals surface area contributed by atoms with E-state index in [1.807, 2.05) is 18.2 Å². The van der Waals surface area contributed by atoms with Gasteiger partial charge in [0.15, 0.2) is 0 Å². The molecule has 1 amide bonds. The minimum Gasteiger partial charge on any atom is -0.490 e. The fourth-order valence-electron chi connectivity index (χ4n) is 2.17. The first-order chi connectivity index (χ1) is 7.70. The Labute approximate surface area is 101 Å². The van der Waals surface area contributed by atoms with E-state index in [4.69, 9.17) is 9.47 Å². The summed E-state index contributed by atoms with van der Waals surface area (Å²) >= 11 is 3.39. The molecule has 1 aromatic carbocycles. The second-order valence-corrected chi connectivity index (χ2v) is 4.97. The zero-order valence-electron chi connectivity index (χ0n) is 8.46. The molecule has 2 aliphatic rings. The summed E-state index contributed by atoms with van der Waals surface area (Å²) in [6.07, 6.45) is 0. The quantitative estimate of drug-likeness (QED) is 0.778. The molecule has 3 rings (SSSR count). The molecular formula is C11H10BrNO3. The first kappa shape index (κ1) is 10.1. The Morgan fingerprint density at radius 3 is 3.06 bits per heavy atom. The van der Waals surface area contributed by atoms with Crippen LogP contribution in [0.3, 0.4) is 0 Å². The zero-order valence-corrected chi connectivity index (χ0v) is 10.0. The van der Waals surface area contributed by atoms with Crippen LogP contribution in [-0.2, 0) is 15.1 Å². The van der Waals surface area contributed by atoms with E-state index in [2.05, 4.69) is 21.2 Å². The van der Waals surface area contributed by atoms with Crippen molar-refractivity contribution in [1.82, 2.24) is 5.32 Å². The smallest absolute Gasteiger partial charge is 0.246 e. The fraction of sp³-hybridized carbons (Fsp3) is 0.364. The van der Waals surface area contributed by atoms with Gasteiger partial charge in [-0.1, -0.05) is 22.0 Å². The van der Waals surface area contributed by atoms with E-state index in [-0.39, 0.29) is 12.5 Å². The molecule has 0 aromatic heterocycles. The van der Waals surface area contributed by atoms with Crippen molar-refractivity contribution in [3.8, 4) is 5.75 Å². The SMILES string of the molecule is O=C1COCC2(COc3cc(Br)ccc32)N1. The van der Waals surface area contributed by atoms with E-state index in [0.29, 0.717) is 13.2 Å². The summed E-state index contributed by atoms with van der Waals surface area (Å²) in [5.41, 5.74) is 0.495. The van der Waals surface area contributed by atoms with Crippen molar-refractivity contribution in [1.29, 1.82) is 0 Å². The lowest BCUT2D eigenvalue weighted by molar-refractivity contribution is -0.136. The molecule has 2 heterocycles. The summed E-state index contributed by atoms with van der Waals surface area (Å²) in [4.78, 5) is 11.4. The van der Waals surface area contributed by atoms with Crippen molar-refractivity contribution in [3.63, 3.8) is 0 Å². The Balaban J connectivity index is 2.04. The van der Waals surface area contributed by atoms with E-state index < -0.39 is 5.54 Å². The van der Waals surface area contributed by atoms with Crippen LogP contribution in [0.2, 0.25) is 0 Å². The van der Waals surface area contributed by atoms with Crippen LogP contribution in [0.25, 0.3) is 0 Å². The second kappa shape index (κ2) is 3.46. The maximum absolute atomic E-state index is 11.4. The number of carbonyl (C=O) groups excluding carboxylic acids is 1. The maximum atomic E-state index is 11.4. The molecule has 1 fully saturated rings. The summed E-state index contributed by atoms with van der Waals surface area (Å²) in [7, 11) is 0. The Morgan fingerprint density at radius 1 is 1.38 bits per heavy atom. The maximum Gasteiger partial charge on any atom is 0.246 e. The molecule has 84 valence electrons. The number of nitrogens with one attached hydrogen (secondary N) is 1. The number of rotatable bonds is 0. The van der Waals surface area contributed by atoms with Gasteiger partial charge in [-0.2, -0.15) is 0 Å². The van der Waals surface area contributed by atoms with Crippen LogP contribution in [0.1, 0.15) is 5.56 Å². The third-order valence-corrected chi connectivity index (χ3v) is 3.39. The molecule has 1 unspecified atom stereocenters. The van der Waals surface area contributed by atoms with E-state index in [1.165, 1.54) is 0 Å². The summed E-state index contributed by atoms with van der Waals surface area (Å²) in [5.74, 6) is 0.714. The number of carbonyl (C=O) groups is 1. The summed E-state index contributed by atoms with van der Waals surface area (Å²) in [6, 6.07) is 5.81. The van der Waals surface area contributed by atoms with Gasteiger partial charge in [-0.25, -0.2) is 0 Å². The van der Waals surface area contributed by atoms with Crippen molar-refractivity contribution < 1.29 is 14.3 Å². The molecule has 1 saturated heterocycles. The molecule has 1 spiro atoms. The average Bonchev–Trinajstić information content (AvgIpc) is 2.57. The monoisotopic (exact) mass is 283 g/mol. The Morgan fingerprint density at radius 2 is 2.25 bits per heavy atom. The molecule has 2 aliphatic heterocycles. The minimum absolute atomic E-state index is 0.0920. The number of amides is 1. The Hall–Kier alpha value is -1.07. The lowest BCUT2D eigenvalue weighted by atomic mass is 9.92. The first-order valence-corrected chi connectivity index (χ1v) is 5.80. The van der Waals surface area contributed by atoms with Crippen LogP contribution in [0.5, 0.6) is 5.75 Å². The number of fused-ring (bicyclic) bond motifs is 2. The van der Waals surface area contributed by atoms with Crippen LogP contribution in [-0.4, -0.2) is 25.7 Å². The van der Waals surface area contributed by atoms with Gasteiger partial charge in [0.05, 0.1) is 6.61 Å². The van der Waals surface area contributed by atoms with Crippen LogP contribution < -0.4 is 10.1 Å². The molecule has 5 heteroatoms. The third kappa shape index (κ3) is 1.43. The summed E-state index contributed by atoms with van der Waals surface area (Å²) in [6.45, 7) is 1.03. The fourth-order valence-corrected chi connectivity index (χ4v) is 2.51. The van der Waals surface area contributed by atoms with E-state index in [0.717, 1.165) is 15.8 Å². The third-order valence-electron chi connectivity index (χ3n) is 2.89. The van der Waals surface area contributed by atoms with E-state index >= 15 is 0 Å². The standard InChI is InChI=1S/C11H10BrNO3/c12-7-1-2-8-9(3-7)16-6-11(8)5-15-4-10(14)13-11/h1-3H,4-6H2,(H,13,14). The predicted octanol–water partition coefficient (Wildman–Crippen LogP) is 1.18. The molecular weight excluding hydrogens is 274 g/mol. The van der Waals surface area contributed by atoms with Crippen LogP contribution in [0.4, 0.5) is 0 Å². The van der Waals surface area contributed by atoms with E-state index in [9.17, 15) is 4.79 Å². The molecule has 0 bridgehead atoms. The lowest BCUT2D eigenvalue weighted by Crippen LogP contribution is -2.55. The number of halogens is 1. The predicted molar refractivity (Wildman–Crippen MR) is 60.3 cm³/mol. The van der Waals surface area contributed by atoms with Crippen molar-refractivity contribution in [2.75, 3.05) is 19.8 Å². The van der Waals surface area contributed by atoms with Crippen molar-refractivity contribution in [3.05, 3.63) is 28.2 Å². The zero-order chi connectivity index (χ0) is 11.2. The van der Waals surface area contributed by atoms with Gasteiger partial charge in [0, 0.05) is 10.0 Å². The van der Waals surface area contributed by atoms with Crippen LogP contribution >= 0.6 is 15.9 Å². The number of benzene rings is 1. The average molecular weight is 284 g/mol. The van der Waals surface area contributed by atoms with Gasteiger partial charge in [-0.05, 0) is 12.1 Å². The molecule has 0 saturated carbocycles. The van der Waals surface area contributed by atoms with Crippen molar-refractivity contribution in [2.24, 2.45) is 0 Å². The Kier molecular flexibility index (Phi) is 2.19. The lowest BCUT2D eigenvalue weighted by Gasteiger charge is -2.32. The molecule has 4 nitrogen and oxygen atoms in total. The normalized spacial score (nSPS) is 27.4. The largest absolute Gasteiger partial charge is 0.490 e. The first-order valence-electron chi connectivity index (χ1n) is 5.01. The molecule has 16 heavy (non-hydrogen) atoms. The summed E-state index contributed by atoms with van der Waals surface area (Å²) in [5, 5.41) is 2.96. The van der Waals surface area contributed by atoms with Gasteiger partial charge in [-0.15, -0.1) is 0 Å². The minimum atomic E-state index is -0.495. The highest BCUT2D eigenvalue weighted by Crippen LogP contribution is 2.39. The topological polar surface area (TPSA) is 47.6 Å². The number of morpholine rings is 1. The Bertz CT molecular complexity index is 463. The van der Waals surface area contributed by atoms with Crippen molar-refractivity contribution >= 4 is 21.8 Å². The van der Waals surface area contributed by atoms with Crippen LogP contribution in [0.15, 0.2) is 22.7 Å². The molecule has 1 atom stereocenters. The highest BCUT2D eigenvalue weighted by molar-refractivity contribution is 9.10. The van der Waals surface area contributed by atoms with Gasteiger partial charge in [0.1, 0.15) is 24.5 Å². The second-order valence-electron chi connectivity index (χ2n) is 4.05. The molecule has 1 N–H and O–H groups in total. The van der Waals surface area contributed by atoms with Gasteiger partial charge >= 0.3 is 0 Å². The van der Waals surface area contributed by atoms with E-state index in [1.54, 1.807) is 0 Å². The molecule has 0 aliphatic carbocycles. The highest BCUT2D eigenvalue weighted by atomic mass is 79.9. The van der Waals surface area contributed by atoms with Crippen molar-refractivity contribution in [2.45, 2.75) is 5.54 Å². The molecule has 0 radical (unpaired) electrons. The van der Waals surface area contributed by atoms with Gasteiger partial charge in [0.25, 0.3) is 0 Å². The number of hydrogen-bond acceptors (Lipinski definition) is 3.